The normalized spacial score (nSPS) is 11.3. The summed E-state index contributed by atoms with van der Waals surface area (Å²) >= 11 is 0. The van der Waals surface area contributed by atoms with Crippen LogP contribution in [0.4, 0.5) is 14.5 Å². The Hall–Kier alpha value is -2.19. The van der Waals surface area contributed by atoms with Crippen LogP contribution in [0.3, 0.4) is 0 Å². The Morgan fingerprint density at radius 3 is 2.44 bits per heavy atom. The van der Waals surface area contributed by atoms with Crippen molar-refractivity contribution in [2.24, 2.45) is 5.14 Å². The first-order chi connectivity index (χ1) is 8.18. The molecule has 2 N–H and O–H groups in total. The van der Waals surface area contributed by atoms with Crippen molar-refractivity contribution in [3.05, 3.63) is 27.4 Å². The molecule has 0 radical (unpaired) electrons. The summed E-state index contributed by atoms with van der Waals surface area (Å²) in [6, 6.07) is 1.50. The second kappa shape index (κ2) is 4.59. The Morgan fingerprint density at radius 1 is 1.56 bits per heavy atom. The largest absolute Gasteiger partial charge is 0.308 e. The Kier molecular flexibility index (Phi) is 3.54. The lowest BCUT2D eigenvalue weighted by Crippen LogP contribution is -2.17. The van der Waals surface area contributed by atoms with Crippen molar-refractivity contribution in [3.8, 4) is 6.07 Å². The van der Waals surface area contributed by atoms with Gasteiger partial charge in [0.15, 0.2) is 5.69 Å². The van der Waals surface area contributed by atoms with E-state index in [-0.39, 0.29) is 6.07 Å². The highest BCUT2D eigenvalue weighted by molar-refractivity contribution is 7.89. The highest BCUT2D eigenvalue weighted by atomic mass is 32.2. The average Bonchev–Trinajstić information content (AvgIpc) is 2.25. The molecule has 0 unspecified atom stereocenters. The van der Waals surface area contributed by atoms with Gasteiger partial charge >= 0.3 is 5.69 Å². The van der Waals surface area contributed by atoms with Gasteiger partial charge in [-0.05, 0) is 0 Å². The first-order valence-corrected chi connectivity index (χ1v) is 5.63. The molecule has 1 aromatic rings. The van der Waals surface area contributed by atoms with Crippen LogP contribution in [0, 0.1) is 21.4 Å². The molecule has 0 saturated carbocycles. The molecule has 0 bridgehead atoms. The first kappa shape index (κ1) is 13.9. The van der Waals surface area contributed by atoms with Crippen LogP contribution in [0.25, 0.3) is 0 Å². The summed E-state index contributed by atoms with van der Waals surface area (Å²) in [6.45, 7) is 0. The predicted molar refractivity (Wildman–Crippen MR) is 51.9 cm³/mol. The second-order valence-electron chi connectivity index (χ2n) is 2.97. The van der Waals surface area contributed by atoms with Gasteiger partial charge in [0, 0.05) is 6.07 Å². The number of nitrogens with zero attached hydrogens (tertiary/aromatic N) is 3. The van der Waals surface area contributed by atoms with Crippen LogP contribution in [0.2, 0.25) is 0 Å². The summed E-state index contributed by atoms with van der Waals surface area (Å²) in [5.74, 6) is 0. The van der Waals surface area contributed by atoms with Gasteiger partial charge in [-0.2, -0.15) is 5.26 Å². The summed E-state index contributed by atoms with van der Waals surface area (Å²) in [5.41, 5.74) is -3.16. The highest BCUT2D eigenvalue weighted by Gasteiger charge is 2.29. The van der Waals surface area contributed by atoms with Gasteiger partial charge in [0.25, 0.3) is 16.4 Å². The summed E-state index contributed by atoms with van der Waals surface area (Å²) < 4.78 is 47.0. The molecule has 1 heterocycles. The Labute approximate surface area is 98.9 Å². The van der Waals surface area contributed by atoms with Crippen molar-refractivity contribution in [2.45, 2.75) is 11.5 Å². The van der Waals surface area contributed by atoms with Crippen LogP contribution in [0.1, 0.15) is 17.7 Å². The van der Waals surface area contributed by atoms with E-state index in [1.165, 1.54) is 6.07 Å². The highest BCUT2D eigenvalue weighted by Crippen LogP contribution is 2.29. The zero-order valence-corrected chi connectivity index (χ0v) is 9.19. The molecule has 96 valence electrons. The maximum Gasteiger partial charge on any atom is 0.308 e. The molecule has 1 aromatic heterocycles. The number of hydrogen-bond acceptors (Lipinski definition) is 6. The molecule has 18 heavy (non-hydrogen) atoms. The monoisotopic (exact) mass is 278 g/mol. The lowest BCUT2D eigenvalue weighted by Gasteiger charge is -2.05. The van der Waals surface area contributed by atoms with E-state index in [4.69, 9.17) is 5.26 Å². The van der Waals surface area contributed by atoms with Crippen molar-refractivity contribution < 1.29 is 22.1 Å². The van der Waals surface area contributed by atoms with E-state index in [0.717, 1.165) is 0 Å². The Bertz CT molecular complexity index is 652. The van der Waals surface area contributed by atoms with Crippen molar-refractivity contribution >= 4 is 15.7 Å². The third-order valence-corrected chi connectivity index (χ3v) is 2.64. The van der Waals surface area contributed by atoms with Gasteiger partial charge < -0.3 is 0 Å². The lowest BCUT2D eigenvalue weighted by molar-refractivity contribution is -0.388. The Balaban J connectivity index is 3.76. The first-order valence-electron chi connectivity index (χ1n) is 4.09. The number of nitrogens with two attached hydrogens (primary N) is 1. The number of halogens is 2. The molecule has 1 rings (SSSR count). The molecule has 0 aliphatic heterocycles. The smallest absolute Gasteiger partial charge is 0.258 e. The van der Waals surface area contributed by atoms with Crippen LogP contribution in [0.15, 0.2) is 11.1 Å². The summed E-state index contributed by atoms with van der Waals surface area (Å²) in [6.07, 6.45) is -3.21. The van der Waals surface area contributed by atoms with E-state index in [1.54, 1.807) is 0 Å². The van der Waals surface area contributed by atoms with Gasteiger partial charge in [-0.1, -0.05) is 0 Å². The molecule has 0 amide bonds. The summed E-state index contributed by atoms with van der Waals surface area (Å²) in [5, 5.41) is 22.5. The number of nitro groups is 1. The molecular formula is C7H4F2N4O4S. The maximum absolute atomic E-state index is 12.5. The molecule has 0 saturated heterocycles. The second-order valence-corrected chi connectivity index (χ2v) is 4.44. The van der Waals surface area contributed by atoms with Gasteiger partial charge in [-0.15, -0.1) is 0 Å². The van der Waals surface area contributed by atoms with Gasteiger partial charge in [0.2, 0.25) is 5.03 Å². The third kappa shape index (κ3) is 2.55. The van der Waals surface area contributed by atoms with Crippen LogP contribution in [0.5, 0.6) is 0 Å². The van der Waals surface area contributed by atoms with E-state index in [9.17, 15) is 27.3 Å². The molecule has 0 spiro atoms. The number of sulfonamides is 1. The summed E-state index contributed by atoms with van der Waals surface area (Å²) in [7, 11) is -4.60. The third-order valence-electron chi connectivity index (χ3n) is 1.81. The molecule has 0 fully saturated rings. The fourth-order valence-electron chi connectivity index (χ4n) is 1.10. The SMILES string of the molecule is N#Cc1nc(S(N)(=O)=O)c([N+](=O)[O-])cc1C(F)F. The molecule has 0 aromatic carbocycles. The zero-order chi connectivity index (χ0) is 14.1. The van der Waals surface area contributed by atoms with Crippen LogP contribution in [-0.2, 0) is 10.0 Å². The van der Waals surface area contributed by atoms with E-state index in [1.807, 2.05) is 0 Å². The predicted octanol–water partition coefficient (Wildman–Crippen LogP) is 0.446. The number of hydrogen-bond donors (Lipinski definition) is 1. The minimum absolute atomic E-state index is 0.274. The van der Waals surface area contributed by atoms with Crippen molar-refractivity contribution in [2.75, 3.05) is 0 Å². The van der Waals surface area contributed by atoms with Gasteiger partial charge in [-0.3, -0.25) is 10.1 Å². The zero-order valence-electron chi connectivity index (χ0n) is 8.37. The van der Waals surface area contributed by atoms with Crippen molar-refractivity contribution in [1.82, 2.24) is 4.98 Å². The van der Waals surface area contributed by atoms with Gasteiger partial charge in [0.1, 0.15) is 6.07 Å². The summed E-state index contributed by atoms with van der Waals surface area (Å²) in [4.78, 5) is 12.3. The average molecular weight is 278 g/mol. The fraction of sp³-hybridized carbons (Fsp3) is 0.143. The lowest BCUT2D eigenvalue weighted by atomic mass is 10.2. The molecule has 0 aliphatic rings. The van der Waals surface area contributed by atoms with E-state index < -0.39 is 43.3 Å². The minimum Gasteiger partial charge on any atom is -0.258 e. The van der Waals surface area contributed by atoms with E-state index >= 15 is 0 Å². The van der Waals surface area contributed by atoms with Crippen molar-refractivity contribution in [1.29, 1.82) is 5.26 Å². The topological polar surface area (TPSA) is 140 Å². The number of aromatic nitrogens is 1. The standard InChI is InChI=1S/C7H4F2N4O4S/c8-6(9)3-1-5(13(14)15)7(18(11,16)17)12-4(3)2-10/h1,6H,(H2,11,16,17). The van der Waals surface area contributed by atoms with Crippen LogP contribution >= 0.6 is 0 Å². The maximum atomic E-state index is 12.5. The van der Waals surface area contributed by atoms with Gasteiger partial charge in [-0.25, -0.2) is 27.3 Å². The fourth-order valence-corrected chi connectivity index (χ4v) is 1.74. The van der Waals surface area contributed by atoms with Crippen LogP contribution < -0.4 is 5.14 Å². The number of pyridine rings is 1. The number of alkyl halides is 2. The molecule has 0 aliphatic carbocycles. The number of rotatable bonds is 3. The minimum atomic E-state index is -4.60. The number of nitriles is 1. The quantitative estimate of drug-likeness (QED) is 0.628. The molecule has 11 heteroatoms. The van der Waals surface area contributed by atoms with Crippen LogP contribution in [-0.4, -0.2) is 18.3 Å². The van der Waals surface area contributed by atoms with Gasteiger partial charge in [0.05, 0.1) is 10.5 Å². The van der Waals surface area contributed by atoms with E-state index in [2.05, 4.69) is 10.1 Å². The van der Waals surface area contributed by atoms with E-state index in [0.29, 0.717) is 0 Å². The molecule has 8 nitrogen and oxygen atoms in total. The molecular weight excluding hydrogens is 274 g/mol. The molecule has 0 atom stereocenters. The van der Waals surface area contributed by atoms with Crippen molar-refractivity contribution in [3.63, 3.8) is 0 Å². The number of primary sulfonamides is 1. The Morgan fingerprint density at radius 2 is 2.11 bits per heavy atom.